The molecule has 4 aromatic rings. The molecular formula is C26H31FN8O. The number of anilines is 2. The molecule has 9 nitrogen and oxygen atoms in total. The second-order valence-corrected chi connectivity index (χ2v) is 10.2. The van der Waals surface area contributed by atoms with Crippen molar-refractivity contribution in [3.63, 3.8) is 0 Å². The van der Waals surface area contributed by atoms with Gasteiger partial charge in [0.25, 0.3) is 5.91 Å². The second-order valence-electron chi connectivity index (χ2n) is 10.2. The molecule has 2 aliphatic rings. The Balaban J connectivity index is 1.27. The molecule has 0 bridgehead atoms. The lowest BCUT2D eigenvalue weighted by atomic mass is 9.91. The first kappa shape index (κ1) is 22.9. The quantitative estimate of drug-likeness (QED) is 0.443. The summed E-state index contributed by atoms with van der Waals surface area (Å²) in [5.74, 6) is -0.818. The van der Waals surface area contributed by atoms with Crippen LogP contribution in [-0.2, 0) is 7.05 Å². The van der Waals surface area contributed by atoms with E-state index in [4.69, 9.17) is 0 Å². The number of amides is 1. The first-order valence-electron chi connectivity index (χ1n) is 12.7. The van der Waals surface area contributed by atoms with E-state index < -0.39 is 11.7 Å². The third-order valence-electron chi connectivity index (χ3n) is 7.45. The topological polar surface area (TPSA) is 92.4 Å². The van der Waals surface area contributed by atoms with Crippen molar-refractivity contribution in [2.45, 2.75) is 58.0 Å². The van der Waals surface area contributed by atoms with E-state index in [0.717, 1.165) is 48.4 Å². The number of carbonyl (C=O) groups is 1. The van der Waals surface area contributed by atoms with Gasteiger partial charge in [-0.1, -0.05) is 6.42 Å². The highest BCUT2D eigenvalue weighted by molar-refractivity contribution is 6.14. The van der Waals surface area contributed by atoms with Crippen LogP contribution in [-0.4, -0.2) is 55.2 Å². The Morgan fingerprint density at radius 3 is 2.53 bits per heavy atom. The Bertz CT molecular complexity index is 1460. The Hall–Kier alpha value is -3.53. The van der Waals surface area contributed by atoms with Crippen molar-refractivity contribution in [3.05, 3.63) is 47.4 Å². The van der Waals surface area contributed by atoms with Crippen LogP contribution >= 0.6 is 0 Å². The third kappa shape index (κ3) is 4.09. The number of hydrogen-bond acceptors (Lipinski definition) is 6. The van der Waals surface area contributed by atoms with Gasteiger partial charge in [-0.05, 0) is 45.6 Å². The number of nitrogens with one attached hydrogen (secondary N) is 2. The molecule has 188 valence electrons. The number of halogens is 1. The van der Waals surface area contributed by atoms with E-state index in [9.17, 15) is 4.79 Å². The van der Waals surface area contributed by atoms with Gasteiger partial charge in [0.15, 0.2) is 11.5 Å². The van der Waals surface area contributed by atoms with Crippen LogP contribution in [0.1, 0.15) is 53.8 Å². The third-order valence-corrected chi connectivity index (χ3v) is 7.45. The van der Waals surface area contributed by atoms with Crippen LogP contribution in [0.15, 0.2) is 24.7 Å². The lowest BCUT2D eigenvalue weighted by molar-refractivity contribution is 0.102. The fourth-order valence-electron chi connectivity index (χ4n) is 5.46. The van der Waals surface area contributed by atoms with E-state index in [0.29, 0.717) is 29.1 Å². The van der Waals surface area contributed by atoms with E-state index in [1.165, 1.54) is 25.3 Å². The molecule has 4 heterocycles. The standard InChI is InChI=1S/C26H31FN8O/c1-15-12-35-14-22(30-25(35)16(2)28-15)31-26(36)23-20(27)11-21(19-13-33(3)32-24(19)23)34-9-7-18(8-10-34)29-17-5-4-6-17/h11-14,17-18,29H,4-10H2,1-3H3,(H,31,36). The maximum absolute atomic E-state index is 15.5. The molecule has 0 spiro atoms. The summed E-state index contributed by atoms with van der Waals surface area (Å²) in [5, 5.41) is 11.8. The van der Waals surface area contributed by atoms with Crippen molar-refractivity contribution >= 4 is 34.0 Å². The molecule has 0 radical (unpaired) electrons. The molecule has 1 saturated heterocycles. The molecule has 6 rings (SSSR count). The number of aromatic nitrogens is 5. The summed E-state index contributed by atoms with van der Waals surface area (Å²) in [6, 6.07) is 2.66. The molecule has 1 aliphatic heterocycles. The average molecular weight is 491 g/mol. The Morgan fingerprint density at radius 1 is 1.06 bits per heavy atom. The van der Waals surface area contributed by atoms with Crippen molar-refractivity contribution < 1.29 is 9.18 Å². The zero-order valence-electron chi connectivity index (χ0n) is 20.9. The second kappa shape index (κ2) is 8.85. The van der Waals surface area contributed by atoms with Crippen molar-refractivity contribution in [1.29, 1.82) is 0 Å². The lowest BCUT2D eigenvalue weighted by Gasteiger charge is -2.38. The highest BCUT2D eigenvalue weighted by atomic mass is 19.1. The maximum Gasteiger partial charge on any atom is 0.262 e. The molecule has 3 aromatic heterocycles. The summed E-state index contributed by atoms with van der Waals surface area (Å²) < 4.78 is 19.0. The Morgan fingerprint density at radius 2 is 1.81 bits per heavy atom. The number of aryl methyl sites for hydroxylation is 3. The Kier molecular flexibility index (Phi) is 5.63. The number of fused-ring (bicyclic) bond motifs is 2. The van der Waals surface area contributed by atoms with Gasteiger partial charge in [-0.25, -0.2) is 9.37 Å². The van der Waals surface area contributed by atoms with Crippen molar-refractivity contribution in [2.24, 2.45) is 7.05 Å². The minimum Gasteiger partial charge on any atom is -0.371 e. The van der Waals surface area contributed by atoms with Gasteiger partial charge in [0, 0.05) is 50.0 Å². The molecule has 0 atom stereocenters. The van der Waals surface area contributed by atoms with E-state index in [1.807, 2.05) is 30.6 Å². The van der Waals surface area contributed by atoms with Crippen molar-refractivity contribution in [2.75, 3.05) is 23.3 Å². The van der Waals surface area contributed by atoms with Gasteiger partial charge in [0.1, 0.15) is 16.9 Å². The van der Waals surface area contributed by atoms with E-state index in [-0.39, 0.29) is 5.56 Å². The normalized spacial score (nSPS) is 17.2. The average Bonchev–Trinajstić information content (AvgIpc) is 3.38. The largest absolute Gasteiger partial charge is 0.371 e. The first-order chi connectivity index (χ1) is 17.4. The molecule has 2 fully saturated rings. The Labute approximate surface area is 208 Å². The fourth-order valence-corrected chi connectivity index (χ4v) is 5.46. The molecule has 1 saturated carbocycles. The van der Waals surface area contributed by atoms with Gasteiger partial charge in [-0.2, -0.15) is 5.10 Å². The minimum absolute atomic E-state index is 0.0704. The van der Waals surface area contributed by atoms with Gasteiger partial charge in [-0.3, -0.25) is 14.5 Å². The summed E-state index contributed by atoms with van der Waals surface area (Å²) >= 11 is 0. The molecule has 1 amide bonds. The van der Waals surface area contributed by atoms with Crippen LogP contribution in [0, 0.1) is 19.7 Å². The van der Waals surface area contributed by atoms with Gasteiger partial charge >= 0.3 is 0 Å². The highest BCUT2D eigenvalue weighted by Crippen LogP contribution is 2.33. The molecule has 1 aromatic carbocycles. The molecule has 2 N–H and O–H groups in total. The lowest BCUT2D eigenvalue weighted by Crippen LogP contribution is -2.48. The van der Waals surface area contributed by atoms with Crippen LogP contribution in [0.2, 0.25) is 0 Å². The summed E-state index contributed by atoms with van der Waals surface area (Å²) in [5.41, 5.74) is 3.32. The van der Waals surface area contributed by atoms with Crippen molar-refractivity contribution in [3.8, 4) is 0 Å². The molecule has 36 heavy (non-hydrogen) atoms. The number of piperidine rings is 1. The predicted octanol–water partition coefficient (Wildman–Crippen LogP) is 3.74. The fraction of sp³-hybridized carbons (Fsp3) is 0.462. The number of imidazole rings is 1. The minimum atomic E-state index is -0.583. The maximum atomic E-state index is 15.5. The smallest absolute Gasteiger partial charge is 0.262 e. The van der Waals surface area contributed by atoms with E-state index in [1.54, 1.807) is 17.9 Å². The van der Waals surface area contributed by atoms with Gasteiger partial charge in [0.2, 0.25) is 0 Å². The molecule has 10 heteroatoms. The van der Waals surface area contributed by atoms with E-state index >= 15 is 4.39 Å². The highest BCUT2D eigenvalue weighted by Gasteiger charge is 2.28. The summed E-state index contributed by atoms with van der Waals surface area (Å²) in [6.07, 6.45) is 11.3. The number of hydrogen-bond donors (Lipinski definition) is 2. The van der Waals surface area contributed by atoms with Gasteiger partial charge in [-0.15, -0.1) is 0 Å². The van der Waals surface area contributed by atoms with Crippen LogP contribution in [0.3, 0.4) is 0 Å². The number of nitrogens with zero attached hydrogens (tertiary/aromatic N) is 6. The summed E-state index contributed by atoms with van der Waals surface area (Å²) in [6.45, 7) is 5.44. The summed E-state index contributed by atoms with van der Waals surface area (Å²) in [4.78, 5) is 24.4. The van der Waals surface area contributed by atoms with E-state index in [2.05, 4.69) is 30.6 Å². The molecule has 0 unspecified atom stereocenters. The van der Waals surface area contributed by atoms with Crippen molar-refractivity contribution in [1.82, 2.24) is 29.5 Å². The van der Waals surface area contributed by atoms with Crippen LogP contribution in [0.5, 0.6) is 0 Å². The van der Waals surface area contributed by atoms with Crippen LogP contribution < -0.4 is 15.5 Å². The summed E-state index contributed by atoms with van der Waals surface area (Å²) in [7, 11) is 1.79. The zero-order chi connectivity index (χ0) is 25.0. The first-order valence-corrected chi connectivity index (χ1v) is 12.7. The van der Waals surface area contributed by atoms with Crippen LogP contribution in [0.25, 0.3) is 16.6 Å². The number of benzene rings is 1. The molecular weight excluding hydrogens is 459 g/mol. The van der Waals surface area contributed by atoms with Gasteiger partial charge < -0.3 is 19.9 Å². The number of rotatable bonds is 5. The molecule has 1 aliphatic carbocycles. The monoisotopic (exact) mass is 490 g/mol. The number of carbonyl (C=O) groups excluding carboxylic acids is 1. The van der Waals surface area contributed by atoms with Gasteiger partial charge in [0.05, 0.1) is 23.3 Å². The predicted molar refractivity (Wildman–Crippen MR) is 137 cm³/mol. The SMILES string of the molecule is Cc1cn2cc(NC(=O)c3c(F)cc(N4CCC(NC5CCC5)CC4)c4cn(C)nc34)nc2c(C)n1. The van der Waals surface area contributed by atoms with Crippen LogP contribution in [0.4, 0.5) is 15.9 Å². The zero-order valence-corrected chi connectivity index (χ0v) is 20.9.